The molecule has 0 radical (unpaired) electrons. The van der Waals surface area contributed by atoms with Gasteiger partial charge in [0.15, 0.2) is 0 Å². The van der Waals surface area contributed by atoms with E-state index in [1.165, 1.54) is 0 Å². The summed E-state index contributed by atoms with van der Waals surface area (Å²) in [5.74, 6) is -0.711. The van der Waals surface area contributed by atoms with Crippen molar-refractivity contribution >= 4 is 5.97 Å². The maximum Gasteiger partial charge on any atom is 0.313 e. The van der Waals surface area contributed by atoms with Crippen LogP contribution in [0.1, 0.15) is 20.3 Å². The number of hydrogen-bond donors (Lipinski definition) is 1. The van der Waals surface area contributed by atoms with Crippen LogP contribution in [0.3, 0.4) is 0 Å². The Morgan fingerprint density at radius 3 is 2.61 bits per heavy atom. The normalized spacial score (nSPS) is 33.7. The minimum absolute atomic E-state index is 0.109. The Labute approximate surface area is 109 Å². The summed E-state index contributed by atoms with van der Waals surface area (Å²) in [6, 6.07) is 0. The fourth-order valence-corrected chi connectivity index (χ4v) is 2.87. The van der Waals surface area contributed by atoms with E-state index in [1.54, 1.807) is 0 Å². The maximum absolute atomic E-state index is 11.5. The highest BCUT2D eigenvalue weighted by Gasteiger charge is 2.45. The minimum Gasteiger partial charge on any atom is -0.481 e. The number of nitrogens with zero attached hydrogens (tertiary/aromatic N) is 2. The van der Waals surface area contributed by atoms with Gasteiger partial charge in [-0.25, -0.2) is 0 Å². The number of hydrogen-bond acceptors (Lipinski definition) is 4. The molecule has 2 fully saturated rings. The number of aliphatic carboxylic acids is 1. The summed E-state index contributed by atoms with van der Waals surface area (Å²) in [4.78, 5) is 16.1. The first kappa shape index (κ1) is 13.8. The molecule has 0 aromatic rings. The molecular formula is C13H24N2O3. The molecule has 1 unspecified atom stereocenters. The number of carboxylic acid groups (broad SMARTS) is 1. The lowest BCUT2D eigenvalue weighted by molar-refractivity contribution is -0.151. The number of carboxylic acids is 1. The number of piperazine rings is 1. The van der Waals surface area contributed by atoms with E-state index < -0.39 is 11.4 Å². The zero-order chi connectivity index (χ0) is 13.4. The van der Waals surface area contributed by atoms with Crippen molar-refractivity contribution in [3.05, 3.63) is 0 Å². The van der Waals surface area contributed by atoms with Crippen LogP contribution in [0, 0.1) is 5.41 Å². The number of rotatable bonds is 3. The molecule has 2 saturated heterocycles. The van der Waals surface area contributed by atoms with Gasteiger partial charge in [0.25, 0.3) is 0 Å². The van der Waals surface area contributed by atoms with Crippen molar-refractivity contribution in [2.45, 2.75) is 25.8 Å². The Morgan fingerprint density at radius 1 is 1.39 bits per heavy atom. The van der Waals surface area contributed by atoms with Gasteiger partial charge in [0, 0.05) is 38.3 Å². The Balaban J connectivity index is 2.03. The smallest absolute Gasteiger partial charge is 0.313 e. The van der Waals surface area contributed by atoms with E-state index in [2.05, 4.69) is 30.7 Å². The second-order valence-electron chi connectivity index (χ2n) is 6.33. The SMILES string of the molecule is CN1CCN(CC2(C(=O)O)CCOC2)CC1(C)C. The van der Waals surface area contributed by atoms with Gasteiger partial charge in [-0.15, -0.1) is 0 Å². The van der Waals surface area contributed by atoms with Gasteiger partial charge >= 0.3 is 5.97 Å². The van der Waals surface area contributed by atoms with Crippen LogP contribution in [0.2, 0.25) is 0 Å². The van der Waals surface area contributed by atoms with Gasteiger partial charge in [-0.05, 0) is 27.3 Å². The van der Waals surface area contributed by atoms with E-state index in [-0.39, 0.29) is 5.54 Å². The Morgan fingerprint density at radius 2 is 2.11 bits per heavy atom. The van der Waals surface area contributed by atoms with Gasteiger partial charge < -0.3 is 9.84 Å². The van der Waals surface area contributed by atoms with Crippen molar-refractivity contribution in [2.24, 2.45) is 5.41 Å². The Kier molecular flexibility index (Phi) is 3.67. The highest BCUT2D eigenvalue weighted by Crippen LogP contribution is 2.31. The highest BCUT2D eigenvalue weighted by atomic mass is 16.5. The summed E-state index contributed by atoms with van der Waals surface area (Å²) in [6.07, 6.45) is 0.634. The van der Waals surface area contributed by atoms with Crippen LogP contribution >= 0.6 is 0 Å². The van der Waals surface area contributed by atoms with Crippen LogP contribution in [0.5, 0.6) is 0 Å². The third-order valence-corrected chi connectivity index (χ3v) is 4.48. The van der Waals surface area contributed by atoms with E-state index >= 15 is 0 Å². The van der Waals surface area contributed by atoms with Crippen LogP contribution < -0.4 is 0 Å². The molecule has 2 heterocycles. The zero-order valence-electron chi connectivity index (χ0n) is 11.6. The highest BCUT2D eigenvalue weighted by molar-refractivity contribution is 5.75. The van der Waals surface area contributed by atoms with Gasteiger partial charge in [-0.2, -0.15) is 0 Å². The van der Waals surface area contributed by atoms with Crippen LogP contribution in [-0.4, -0.2) is 72.9 Å². The lowest BCUT2D eigenvalue weighted by Gasteiger charge is -2.46. The first-order valence-corrected chi connectivity index (χ1v) is 6.61. The molecule has 1 N–H and O–H groups in total. The number of likely N-dealkylation sites (N-methyl/N-ethyl adjacent to an activating group) is 1. The van der Waals surface area contributed by atoms with E-state index in [4.69, 9.17) is 4.74 Å². The topological polar surface area (TPSA) is 53.0 Å². The molecule has 2 rings (SSSR count). The van der Waals surface area contributed by atoms with Crippen molar-refractivity contribution in [1.82, 2.24) is 9.80 Å². The standard InChI is InChI=1S/C13H24N2O3/c1-12(2)8-15(6-5-14(12)3)9-13(11(16)17)4-7-18-10-13/h4-10H2,1-3H3,(H,16,17). The molecule has 1 atom stereocenters. The molecule has 2 aliphatic heterocycles. The zero-order valence-corrected chi connectivity index (χ0v) is 11.6. The van der Waals surface area contributed by atoms with Crippen molar-refractivity contribution in [3.63, 3.8) is 0 Å². The van der Waals surface area contributed by atoms with Crippen molar-refractivity contribution < 1.29 is 14.6 Å². The second-order valence-corrected chi connectivity index (χ2v) is 6.33. The van der Waals surface area contributed by atoms with Gasteiger partial charge in [0.05, 0.1) is 6.61 Å². The Bertz CT molecular complexity index is 324. The molecule has 0 aromatic carbocycles. The first-order valence-electron chi connectivity index (χ1n) is 6.61. The number of ether oxygens (including phenoxy) is 1. The molecule has 18 heavy (non-hydrogen) atoms. The quantitative estimate of drug-likeness (QED) is 0.797. The fourth-order valence-electron chi connectivity index (χ4n) is 2.87. The average molecular weight is 256 g/mol. The predicted molar refractivity (Wildman–Crippen MR) is 68.7 cm³/mol. The molecule has 5 heteroatoms. The average Bonchev–Trinajstić information content (AvgIpc) is 2.73. The molecule has 0 spiro atoms. The first-order chi connectivity index (χ1) is 8.36. The van der Waals surface area contributed by atoms with E-state index in [1.807, 2.05) is 0 Å². The van der Waals surface area contributed by atoms with E-state index in [0.717, 1.165) is 19.6 Å². The third-order valence-electron chi connectivity index (χ3n) is 4.48. The molecule has 5 nitrogen and oxygen atoms in total. The summed E-state index contributed by atoms with van der Waals surface area (Å²) in [7, 11) is 2.13. The lowest BCUT2D eigenvalue weighted by Crippen LogP contribution is -2.59. The summed E-state index contributed by atoms with van der Waals surface area (Å²) in [5, 5.41) is 9.46. The van der Waals surface area contributed by atoms with E-state index in [9.17, 15) is 9.90 Å². The molecule has 0 saturated carbocycles. The summed E-state index contributed by atoms with van der Waals surface area (Å²) >= 11 is 0. The largest absolute Gasteiger partial charge is 0.481 e. The van der Waals surface area contributed by atoms with Gasteiger partial charge in [-0.3, -0.25) is 14.6 Å². The lowest BCUT2D eigenvalue weighted by atomic mass is 9.85. The molecule has 104 valence electrons. The van der Waals surface area contributed by atoms with Crippen LogP contribution in [0.15, 0.2) is 0 Å². The molecule has 2 aliphatic rings. The predicted octanol–water partition coefficient (Wildman–Crippen LogP) is 0.504. The van der Waals surface area contributed by atoms with Gasteiger partial charge in [-0.1, -0.05) is 0 Å². The van der Waals surface area contributed by atoms with Crippen molar-refractivity contribution in [1.29, 1.82) is 0 Å². The molecular weight excluding hydrogens is 232 g/mol. The molecule has 0 amide bonds. The summed E-state index contributed by atoms with van der Waals surface area (Å²) in [5.41, 5.74) is -0.580. The second kappa shape index (κ2) is 4.79. The Hall–Kier alpha value is -0.650. The molecule has 0 aliphatic carbocycles. The van der Waals surface area contributed by atoms with Gasteiger partial charge in [0.1, 0.15) is 5.41 Å². The van der Waals surface area contributed by atoms with Crippen LogP contribution in [0.4, 0.5) is 0 Å². The van der Waals surface area contributed by atoms with Gasteiger partial charge in [0.2, 0.25) is 0 Å². The summed E-state index contributed by atoms with van der Waals surface area (Å²) < 4.78 is 5.32. The van der Waals surface area contributed by atoms with Crippen molar-refractivity contribution in [3.8, 4) is 0 Å². The molecule has 0 bridgehead atoms. The summed E-state index contributed by atoms with van der Waals surface area (Å²) in [6.45, 7) is 8.80. The van der Waals surface area contributed by atoms with Crippen LogP contribution in [0.25, 0.3) is 0 Å². The molecule has 0 aromatic heterocycles. The minimum atomic E-state index is -0.711. The maximum atomic E-state index is 11.5. The third kappa shape index (κ3) is 2.53. The van der Waals surface area contributed by atoms with E-state index in [0.29, 0.717) is 26.2 Å². The monoisotopic (exact) mass is 256 g/mol. The van der Waals surface area contributed by atoms with Crippen LogP contribution in [-0.2, 0) is 9.53 Å². The fraction of sp³-hybridized carbons (Fsp3) is 0.923. The number of carbonyl (C=O) groups is 1. The van der Waals surface area contributed by atoms with Crippen molar-refractivity contribution in [2.75, 3.05) is 46.4 Å².